The summed E-state index contributed by atoms with van der Waals surface area (Å²) in [5, 5.41) is 18.4. The number of ether oxygens (including phenoxy) is 1. The maximum absolute atomic E-state index is 9.51. The molecule has 3 heteroatoms. The van der Waals surface area contributed by atoms with Crippen molar-refractivity contribution in [2.24, 2.45) is 5.92 Å². The predicted octanol–water partition coefficient (Wildman–Crippen LogP) is 2.88. The molecule has 2 atom stereocenters. The molecule has 1 aromatic rings. The van der Waals surface area contributed by atoms with E-state index < -0.39 is 6.10 Å². The molecule has 0 fully saturated rings. The van der Waals surface area contributed by atoms with Gasteiger partial charge in [-0.25, -0.2) is 0 Å². The van der Waals surface area contributed by atoms with Crippen molar-refractivity contribution >= 4 is 0 Å². The summed E-state index contributed by atoms with van der Waals surface area (Å²) < 4.78 is 5.70. The molecule has 0 radical (unpaired) electrons. The minimum atomic E-state index is -0.647. The Morgan fingerprint density at radius 3 is 2.42 bits per heavy atom. The topological polar surface area (TPSA) is 49.7 Å². The molecule has 19 heavy (non-hydrogen) atoms. The Morgan fingerprint density at radius 2 is 1.89 bits per heavy atom. The van der Waals surface area contributed by atoms with E-state index in [-0.39, 0.29) is 12.5 Å². The Hall–Kier alpha value is -1.06. The van der Waals surface area contributed by atoms with Crippen LogP contribution in [0.3, 0.4) is 0 Å². The van der Waals surface area contributed by atoms with Crippen molar-refractivity contribution in [3.8, 4) is 5.75 Å². The first-order valence-electron chi connectivity index (χ1n) is 6.96. The summed E-state index contributed by atoms with van der Waals surface area (Å²) >= 11 is 0. The van der Waals surface area contributed by atoms with Crippen LogP contribution in [0, 0.1) is 12.8 Å². The molecular weight excluding hydrogens is 240 g/mol. The van der Waals surface area contributed by atoms with Crippen molar-refractivity contribution < 1.29 is 14.9 Å². The molecule has 3 nitrogen and oxygen atoms in total. The summed E-state index contributed by atoms with van der Waals surface area (Å²) in [6.45, 7) is 8.91. The summed E-state index contributed by atoms with van der Waals surface area (Å²) in [4.78, 5) is 0. The maximum atomic E-state index is 9.51. The van der Waals surface area contributed by atoms with E-state index in [0.29, 0.717) is 12.3 Å². The van der Waals surface area contributed by atoms with Gasteiger partial charge in [0.25, 0.3) is 0 Å². The SMILES string of the molecule is Cc1cc(OCC(C)C)ccc1C(C)CC(O)CO. The zero-order valence-electron chi connectivity index (χ0n) is 12.4. The Morgan fingerprint density at radius 1 is 1.21 bits per heavy atom. The predicted molar refractivity (Wildman–Crippen MR) is 77.6 cm³/mol. The van der Waals surface area contributed by atoms with Gasteiger partial charge in [-0.05, 0) is 48.4 Å². The van der Waals surface area contributed by atoms with Gasteiger partial charge in [0.1, 0.15) is 5.75 Å². The van der Waals surface area contributed by atoms with Crippen LogP contribution in [0.5, 0.6) is 5.75 Å². The van der Waals surface area contributed by atoms with Crippen molar-refractivity contribution in [3.63, 3.8) is 0 Å². The molecule has 0 spiro atoms. The van der Waals surface area contributed by atoms with Crippen LogP contribution in [0.15, 0.2) is 18.2 Å². The van der Waals surface area contributed by atoms with Crippen LogP contribution < -0.4 is 4.74 Å². The number of rotatable bonds is 7. The van der Waals surface area contributed by atoms with Gasteiger partial charge < -0.3 is 14.9 Å². The van der Waals surface area contributed by atoms with E-state index >= 15 is 0 Å². The van der Waals surface area contributed by atoms with Crippen LogP contribution in [0.4, 0.5) is 0 Å². The van der Waals surface area contributed by atoms with E-state index in [2.05, 4.69) is 33.8 Å². The molecular formula is C16H26O3. The van der Waals surface area contributed by atoms with E-state index in [0.717, 1.165) is 12.4 Å². The van der Waals surface area contributed by atoms with Crippen molar-refractivity contribution in [1.29, 1.82) is 0 Å². The summed E-state index contributed by atoms with van der Waals surface area (Å²) in [5.41, 5.74) is 2.36. The van der Waals surface area contributed by atoms with Gasteiger partial charge in [0.15, 0.2) is 0 Å². The maximum Gasteiger partial charge on any atom is 0.119 e. The Labute approximate surface area is 116 Å². The lowest BCUT2D eigenvalue weighted by atomic mass is 9.91. The quantitative estimate of drug-likeness (QED) is 0.798. The molecule has 0 saturated carbocycles. The number of hydrogen-bond acceptors (Lipinski definition) is 3. The molecule has 0 aromatic heterocycles. The minimum absolute atomic E-state index is 0.182. The monoisotopic (exact) mass is 266 g/mol. The van der Waals surface area contributed by atoms with E-state index in [1.807, 2.05) is 12.1 Å². The van der Waals surface area contributed by atoms with Crippen LogP contribution in [0.1, 0.15) is 44.2 Å². The average molecular weight is 266 g/mol. The molecule has 108 valence electrons. The van der Waals surface area contributed by atoms with Crippen molar-refractivity contribution in [2.45, 2.75) is 46.1 Å². The largest absolute Gasteiger partial charge is 0.493 e. The highest BCUT2D eigenvalue weighted by Gasteiger charge is 2.14. The second-order valence-corrected chi connectivity index (χ2v) is 5.70. The molecule has 0 heterocycles. The normalized spacial score (nSPS) is 14.5. The third kappa shape index (κ3) is 5.21. The van der Waals surface area contributed by atoms with Crippen molar-refractivity contribution in [1.82, 2.24) is 0 Å². The third-order valence-electron chi connectivity index (χ3n) is 3.19. The zero-order chi connectivity index (χ0) is 14.4. The van der Waals surface area contributed by atoms with E-state index in [9.17, 15) is 5.11 Å². The van der Waals surface area contributed by atoms with Crippen LogP contribution >= 0.6 is 0 Å². The zero-order valence-corrected chi connectivity index (χ0v) is 12.4. The molecule has 0 aliphatic rings. The summed E-state index contributed by atoms with van der Waals surface area (Å²) in [6, 6.07) is 6.08. The Bertz CT molecular complexity index is 388. The highest BCUT2D eigenvalue weighted by Crippen LogP contribution is 2.27. The van der Waals surface area contributed by atoms with Gasteiger partial charge >= 0.3 is 0 Å². The van der Waals surface area contributed by atoms with Gasteiger partial charge in [0.05, 0.1) is 19.3 Å². The van der Waals surface area contributed by atoms with Gasteiger partial charge in [-0.3, -0.25) is 0 Å². The van der Waals surface area contributed by atoms with Gasteiger partial charge in [-0.15, -0.1) is 0 Å². The number of hydrogen-bond donors (Lipinski definition) is 2. The highest BCUT2D eigenvalue weighted by atomic mass is 16.5. The van der Waals surface area contributed by atoms with Crippen LogP contribution in [-0.2, 0) is 0 Å². The molecule has 2 N–H and O–H groups in total. The van der Waals surface area contributed by atoms with Crippen molar-refractivity contribution in [3.05, 3.63) is 29.3 Å². The smallest absolute Gasteiger partial charge is 0.119 e. The number of aliphatic hydroxyl groups is 2. The van der Waals surface area contributed by atoms with Crippen molar-refractivity contribution in [2.75, 3.05) is 13.2 Å². The van der Waals surface area contributed by atoms with Crippen LogP contribution in [-0.4, -0.2) is 29.5 Å². The number of benzene rings is 1. The van der Waals surface area contributed by atoms with E-state index in [1.54, 1.807) is 0 Å². The Kier molecular flexibility index (Phi) is 6.32. The second kappa shape index (κ2) is 7.51. The number of aryl methyl sites for hydroxylation is 1. The van der Waals surface area contributed by atoms with Gasteiger partial charge in [0.2, 0.25) is 0 Å². The lowest BCUT2D eigenvalue weighted by Gasteiger charge is -2.18. The standard InChI is InChI=1S/C16H26O3/c1-11(2)10-19-15-5-6-16(13(4)8-15)12(3)7-14(18)9-17/h5-6,8,11-12,14,17-18H,7,9-10H2,1-4H3. The molecule has 2 unspecified atom stereocenters. The summed E-state index contributed by atoms with van der Waals surface area (Å²) in [5.74, 6) is 1.63. The van der Waals surface area contributed by atoms with E-state index in [4.69, 9.17) is 9.84 Å². The molecule has 0 amide bonds. The van der Waals surface area contributed by atoms with Gasteiger partial charge in [0, 0.05) is 0 Å². The Balaban J connectivity index is 2.71. The third-order valence-corrected chi connectivity index (χ3v) is 3.19. The van der Waals surface area contributed by atoms with Gasteiger partial charge in [-0.2, -0.15) is 0 Å². The first-order chi connectivity index (χ1) is 8.93. The molecule has 0 aliphatic heterocycles. The average Bonchev–Trinajstić information content (AvgIpc) is 2.35. The summed E-state index contributed by atoms with van der Waals surface area (Å²) in [7, 11) is 0. The number of aliphatic hydroxyl groups excluding tert-OH is 2. The highest BCUT2D eigenvalue weighted by molar-refractivity contribution is 5.36. The molecule has 0 bridgehead atoms. The lowest BCUT2D eigenvalue weighted by molar-refractivity contribution is 0.0835. The lowest BCUT2D eigenvalue weighted by Crippen LogP contribution is -2.15. The van der Waals surface area contributed by atoms with Crippen LogP contribution in [0.2, 0.25) is 0 Å². The van der Waals surface area contributed by atoms with Crippen LogP contribution in [0.25, 0.3) is 0 Å². The van der Waals surface area contributed by atoms with E-state index in [1.165, 1.54) is 11.1 Å². The van der Waals surface area contributed by atoms with Gasteiger partial charge in [-0.1, -0.05) is 26.8 Å². The molecule has 0 saturated heterocycles. The fourth-order valence-corrected chi connectivity index (χ4v) is 2.16. The molecule has 1 rings (SSSR count). The molecule has 0 aliphatic carbocycles. The fourth-order valence-electron chi connectivity index (χ4n) is 2.16. The summed E-state index contributed by atoms with van der Waals surface area (Å²) in [6.07, 6.45) is -0.0740. The molecule has 1 aromatic carbocycles. The first-order valence-corrected chi connectivity index (χ1v) is 6.96. The fraction of sp³-hybridized carbons (Fsp3) is 0.625. The minimum Gasteiger partial charge on any atom is -0.493 e. The second-order valence-electron chi connectivity index (χ2n) is 5.70. The first kappa shape index (κ1) is 16.0.